The van der Waals surface area contributed by atoms with Crippen molar-refractivity contribution in [1.82, 2.24) is 20.5 Å². The fourth-order valence-electron chi connectivity index (χ4n) is 2.56. The van der Waals surface area contributed by atoms with Crippen molar-refractivity contribution in [1.29, 1.82) is 0 Å². The van der Waals surface area contributed by atoms with E-state index in [-0.39, 0.29) is 11.8 Å². The van der Waals surface area contributed by atoms with Gasteiger partial charge in [-0.25, -0.2) is 4.98 Å². The quantitative estimate of drug-likeness (QED) is 0.755. The van der Waals surface area contributed by atoms with Gasteiger partial charge in [-0.2, -0.15) is 5.10 Å². The maximum Gasteiger partial charge on any atom is 0.223 e. The van der Waals surface area contributed by atoms with Crippen molar-refractivity contribution >= 4 is 5.91 Å². The molecule has 5 heteroatoms. The Balaban J connectivity index is 1.49. The number of amides is 1. The van der Waals surface area contributed by atoms with Gasteiger partial charge in [-0.15, -0.1) is 0 Å². The third-order valence-corrected chi connectivity index (χ3v) is 3.51. The molecule has 0 aliphatic heterocycles. The van der Waals surface area contributed by atoms with Crippen molar-refractivity contribution in [3.8, 4) is 0 Å². The Kier molecular flexibility index (Phi) is 1.97. The molecule has 0 aromatic carbocycles. The van der Waals surface area contributed by atoms with Crippen LogP contribution in [-0.2, 0) is 11.3 Å². The van der Waals surface area contributed by atoms with E-state index in [0.29, 0.717) is 12.4 Å². The fourth-order valence-corrected chi connectivity index (χ4v) is 2.56. The van der Waals surface area contributed by atoms with Crippen LogP contribution >= 0.6 is 0 Å². The summed E-state index contributed by atoms with van der Waals surface area (Å²) in [6.45, 7) is 0.463. The molecule has 2 atom stereocenters. The molecule has 2 aliphatic rings. The SMILES string of the molecule is O=C(NCc1ncn[nH]1)C1CC2CC2C1. The molecule has 80 valence electrons. The van der Waals surface area contributed by atoms with Crippen molar-refractivity contribution < 1.29 is 4.79 Å². The fraction of sp³-hybridized carbons (Fsp3) is 0.700. The van der Waals surface area contributed by atoms with E-state index in [1.165, 1.54) is 12.7 Å². The minimum atomic E-state index is 0.179. The molecule has 15 heavy (non-hydrogen) atoms. The first-order chi connectivity index (χ1) is 7.33. The van der Waals surface area contributed by atoms with Gasteiger partial charge < -0.3 is 5.32 Å². The molecular weight excluding hydrogens is 192 g/mol. The molecule has 3 rings (SSSR count). The van der Waals surface area contributed by atoms with E-state index in [1.54, 1.807) is 0 Å². The van der Waals surface area contributed by atoms with Crippen molar-refractivity contribution in [3.05, 3.63) is 12.2 Å². The average molecular weight is 206 g/mol. The largest absolute Gasteiger partial charge is 0.349 e. The molecule has 0 spiro atoms. The smallest absolute Gasteiger partial charge is 0.223 e. The highest BCUT2D eigenvalue weighted by Crippen LogP contribution is 2.54. The van der Waals surface area contributed by atoms with Crippen molar-refractivity contribution in [2.24, 2.45) is 17.8 Å². The van der Waals surface area contributed by atoms with Crippen LogP contribution in [0.25, 0.3) is 0 Å². The normalized spacial score (nSPS) is 32.4. The zero-order valence-corrected chi connectivity index (χ0v) is 8.44. The number of carbonyl (C=O) groups excluding carboxylic acids is 1. The summed E-state index contributed by atoms with van der Waals surface area (Å²) >= 11 is 0. The summed E-state index contributed by atoms with van der Waals surface area (Å²) in [6, 6.07) is 0. The summed E-state index contributed by atoms with van der Waals surface area (Å²) in [5.74, 6) is 2.85. The number of aromatic nitrogens is 3. The van der Waals surface area contributed by atoms with Gasteiger partial charge in [0.1, 0.15) is 12.2 Å². The summed E-state index contributed by atoms with van der Waals surface area (Å²) in [5, 5.41) is 9.35. The maximum absolute atomic E-state index is 11.7. The van der Waals surface area contributed by atoms with Gasteiger partial charge in [0, 0.05) is 5.92 Å². The number of nitrogens with one attached hydrogen (secondary N) is 2. The third-order valence-electron chi connectivity index (χ3n) is 3.51. The second kappa shape index (κ2) is 3.32. The van der Waals surface area contributed by atoms with Crippen LogP contribution < -0.4 is 5.32 Å². The number of carbonyl (C=O) groups is 1. The van der Waals surface area contributed by atoms with Crippen LogP contribution in [0.1, 0.15) is 25.1 Å². The van der Waals surface area contributed by atoms with Crippen LogP contribution in [-0.4, -0.2) is 21.1 Å². The van der Waals surface area contributed by atoms with E-state index < -0.39 is 0 Å². The van der Waals surface area contributed by atoms with Gasteiger partial charge in [0.25, 0.3) is 0 Å². The first-order valence-corrected chi connectivity index (χ1v) is 5.45. The van der Waals surface area contributed by atoms with Crippen molar-refractivity contribution in [2.75, 3.05) is 0 Å². The number of hydrogen-bond acceptors (Lipinski definition) is 3. The van der Waals surface area contributed by atoms with E-state index in [4.69, 9.17) is 0 Å². The molecular formula is C10H14N4O. The lowest BCUT2D eigenvalue weighted by atomic mass is 10.0. The lowest BCUT2D eigenvalue weighted by Gasteiger charge is -2.10. The van der Waals surface area contributed by atoms with E-state index in [1.807, 2.05) is 0 Å². The Morgan fingerprint density at radius 1 is 1.47 bits per heavy atom. The highest BCUT2D eigenvalue weighted by atomic mass is 16.1. The number of aromatic amines is 1. The number of hydrogen-bond donors (Lipinski definition) is 2. The van der Waals surface area contributed by atoms with E-state index in [0.717, 1.165) is 24.7 Å². The molecule has 2 saturated carbocycles. The van der Waals surface area contributed by atoms with Gasteiger partial charge in [0.15, 0.2) is 0 Å². The molecule has 1 amide bonds. The van der Waals surface area contributed by atoms with Crippen LogP contribution in [0, 0.1) is 17.8 Å². The molecule has 5 nitrogen and oxygen atoms in total. The summed E-state index contributed by atoms with van der Waals surface area (Å²) in [5.41, 5.74) is 0. The number of H-pyrrole nitrogens is 1. The molecule has 2 N–H and O–H groups in total. The van der Waals surface area contributed by atoms with Gasteiger partial charge in [-0.05, 0) is 31.1 Å². The van der Waals surface area contributed by atoms with Gasteiger partial charge in [-0.1, -0.05) is 0 Å². The Labute approximate surface area is 87.7 Å². The molecule has 0 radical (unpaired) electrons. The molecule has 1 aromatic rings. The molecule has 2 fully saturated rings. The zero-order valence-electron chi connectivity index (χ0n) is 8.44. The zero-order chi connectivity index (χ0) is 10.3. The molecule has 1 aromatic heterocycles. The number of rotatable bonds is 3. The van der Waals surface area contributed by atoms with Gasteiger partial charge in [0.2, 0.25) is 5.91 Å². The predicted octanol–water partition coefficient (Wildman–Crippen LogP) is 0.467. The first-order valence-electron chi connectivity index (χ1n) is 5.45. The van der Waals surface area contributed by atoms with E-state index >= 15 is 0 Å². The molecule has 0 bridgehead atoms. The van der Waals surface area contributed by atoms with Crippen molar-refractivity contribution in [2.45, 2.75) is 25.8 Å². The minimum Gasteiger partial charge on any atom is -0.349 e. The van der Waals surface area contributed by atoms with E-state index in [2.05, 4.69) is 20.5 Å². The van der Waals surface area contributed by atoms with Crippen LogP contribution in [0.2, 0.25) is 0 Å². The molecule has 1 heterocycles. The number of fused-ring (bicyclic) bond motifs is 1. The monoisotopic (exact) mass is 206 g/mol. The summed E-state index contributed by atoms with van der Waals surface area (Å²) in [4.78, 5) is 15.7. The predicted molar refractivity (Wildman–Crippen MR) is 52.6 cm³/mol. The van der Waals surface area contributed by atoms with Crippen LogP contribution in [0.4, 0.5) is 0 Å². The van der Waals surface area contributed by atoms with Crippen LogP contribution in [0.5, 0.6) is 0 Å². The number of nitrogens with zero attached hydrogens (tertiary/aromatic N) is 2. The van der Waals surface area contributed by atoms with Gasteiger partial charge in [0.05, 0.1) is 6.54 Å². The van der Waals surface area contributed by atoms with Crippen molar-refractivity contribution in [3.63, 3.8) is 0 Å². The summed E-state index contributed by atoms with van der Waals surface area (Å²) in [6.07, 6.45) is 4.98. The lowest BCUT2D eigenvalue weighted by molar-refractivity contribution is -0.125. The molecule has 2 unspecified atom stereocenters. The Bertz CT molecular complexity index is 352. The maximum atomic E-state index is 11.7. The first kappa shape index (κ1) is 8.88. The highest BCUT2D eigenvalue weighted by molar-refractivity contribution is 5.79. The lowest BCUT2D eigenvalue weighted by Crippen LogP contribution is -2.29. The molecule has 0 saturated heterocycles. The van der Waals surface area contributed by atoms with Gasteiger partial charge >= 0.3 is 0 Å². The standard InChI is InChI=1S/C10H14N4O/c15-10(8-2-6-1-7(6)3-8)11-4-9-12-5-13-14-9/h5-8H,1-4H2,(H,11,15)(H,12,13,14). The highest BCUT2D eigenvalue weighted by Gasteiger charge is 2.47. The minimum absolute atomic E-state index is 0.179. The second-order valence-electron chi connectivity index (χ2n) is 4.57. The summed E-state index contributed by atoms with van der Waals surface area (Å²) in [7, 11) is 0. The van der Waals surface area contributed by atoms with Crippen LogP contribution in [0.15, 0.2) is 6.33 Å². The molecule has 2 aliphatic carbocycles. The average Bonchev–Trinajstić information content (AvgIpc) is 2.75. The summed E-state index contributed by atoms with van der Waals surface area (Å²) < 4.78 is 0. The Morgan fingerprint density at radius 3 is 2.93 bits per heavy atom. The second-order valence-corrected chi connectivity index (χ2v) is 4.57. The van der Waals surface area contributed by atoms with E-state index in [9.17, 15) is 4.79 Å². The topological polar surface area (TPSA) is 70.7 Å². The van der Waals surface area contributed by atoms with Gasteiger partial charge in [-0.3, -0.25) is 9.89 Å². The third kappa shape index (κ3) is 1.73. The Hall–Kier alpha value is -1.39. The van der Waals surface area contributed by atoms with Crippen LogP contribution in [0.3, 0.4) is 0 Å². The Morgan fingerprint density at radius 2 is 2.27 bits per heavy atom.